The Morgan fingerprint density at radius 3 is 2.65 bits per heavy atom. The van der Waals surface area contributed by atoms with Crippen LogP contribution in [0.4, 0.5) is 10.1 Å². The molecular formula is C24H21FN4O2. The van der Waals surface area contributed by atoms with E-state index in [-0.39, 0.29) is 24.1 Å². The van der Waals surface area contributed by atoms with Crippen molar-refractivity contribution < 1.29 is 14.0 Å². The molecule has 2 N–H and O–H groups in total. The normalized spacial score (nSPS) is 15.8. The Morgan fingerprint density at radius 1 is 1.13 bits per heavy atom. The lowest BCUT2D eigenvalue weighted by Crippen LogP contribution is -2.32. The second-order valence-corrected chi connectivity index (χ2v) is 7.48. The van der Waals surface area contributed by atoms with Gasteiger partial charge in [-0.05, 0) is 49.2 Å². The fourth-order valence-electron chi connectivity index (χ4n) is 3.51. The summed E-state index contributed by atoms with van der Waals surface area (Å²) in [7, 11) is 0. The van der Waals surface area contributed by atoms with Gasteiger partial charge in [0.05, 0.1) is 0 Å². The zero-order valence-corrected chi connectivity index (χ0v) is 17.1. The molecule has 0 spiro atoms. The minimum atomic E-state index is -0.460. The number of nitrogens with one attached hydrogen (secondary N) is 2. The predicted molar refractivity (Wildman–Crippen MR) is 116 cm³/mol. The molecule has 4 rings (SSSR count). The quantitative estimate of drug-likeness (QED) is 0.673. The van der Waals surface area contributed by atoms with Gasteiger partial charge in [0.15, 0.2) is 5.82 Å². The van der Waals surface area contributed by atoms with E-state index >= 15 is 0 Å². The van der Waals surface area contributed by atoms with Crippen molar-refractivity contribution in [3.05, 3.63) is 89.1 Å². The molecule has 0 fully saturated rings. The topological polar surface area (TPSA) is 84.0 Å². The van der Waals surface area contributed by atoms with Crippen LogP contribution in [0.5, 0.6) is 0 Å². The monoisotopic (exact) mass is 416 g/mol. The summed E-state index contributed by atoms with van der Waals surface area (Å²) in [5, 5.41) is 5.55. The van der Waals surface area contributed by atoms with Gasteiger partial charge in [-0.3, -0.25) is 9.59 Å². The second kappa shape index (κ2) is 8.47. The van der Waals surface area contributed by atoms with Crippen LogP contribution in [0.3, 0.4) is 0 Å². The largest absolute Gasteiger partial charge is 0.332 e. The van der Waals surface area contributed by atoms with Gasteiger partial charge in [0.2, 0.25) is 5.91 Å². The van der Waals surface area contributed by atoms with E-state index in [0.717, 1.165) is 16.8 Å². The molecule has 0 bridgehead atoms. The summed E-state index contributed by atoms with van der Waals surface area (Å²) in [6.07, 6.45) is 3.23. The zero-order chi connectivity index (χ0) is 22.0. The molecule has 7 heteroatoms. The minimum absolute atomic E-state index is 0.112. The lowest BCUT2D eigenvalue weighted by atomic mass is 9.86. The number of amides is 2. The van der Waals surface area contributed by atoms with Crippen LogP contribution in [0.25, 0.3) is 11.4 Å². The molecular weight excluding hydrogens is 395 g/mol. The van der Waals surface area contributed by atoms with Crippen LogP contribution < -0.4 is 10.6 Å². The lowest BCUT2D eigenvalue weighted by molar-refractivity contribution is -0.121. The Bertz CT molecular complexity index is 1190. The number of carbonyl (C=O) groups excluding carboxylic acids is 2. The first-order valence-corrected chi connectivity index (χ1v) is 9.87. The second-order valence-electron chi connectivity index (χ2n) is 7.48. The molecule has 3 aromatic rings. The van der Waals surface area contributed by atoms with Gasteiger partial charge in [-0.1, -0.05) is 24.3 Å². The first kappa shape index (κ1) is 20.4. The molecule has 2 heterocycles. The molecule has 1 aromatic heterocycles. The van der Waals surface area contributed by atoms with E-state index in [1.54, 1.807) is 18.3 Å². The number of aryl methyl sites for hydroxylation is 2. The molecule has 2 amide bonds. The predicted octanol–water partition coefficient (Wildman–Crippen LogP) is 4.03. The number of hydrogen-bond donors (Lipinski definition) is 2. The molecule has 0 saturated carbocycles. The Morgan fingerprint density at radius 2 is 1.90 bits per heavy atom. The van der Waals surface area contributed by atoms with Crippen LogP contribution in [0.2, 0.25) is 0 Å². The SMILES string of the molecule is Cc1ccnc(-c2ccc(C)c(NC(=O)C3=CNC(=O)C[C@H]3c3ccc(F)cc3)c2)n1. The zero-order valence-electron chi connectivity index (χ0n) is 17.1. The first-order valence-electron chi connectivity index (χ1n) is 9.87. The maximum absolute atomic E-state index is 13.3. The third kappa shape index (κ3) is 4.50. The highest BCUT2D eigenvalue weighted by molar-refractivity contribution is 6.07. The Kier molecular flexibility index (Phi) is 5.58. The smallest absolute Gasteiger partial charge is 0.253 e. The number of hydrogen-bond acceptors (Lipinski definition) is 4. The highest BCUT2D eigenvalue weighted by Gasteiger charge is 2.29. The van der Waals surface area contributed by atoms with Gasteiger partial charge >= 0.3 is 0 Å². The van der Waals surface area contributed by atoms with E-state index in [2.05, 4.69) is 20.6 Å². The van der Waals surface area contributed by atoms with Gasteiger partial charge in [0, 0.05) is 47.3 Å². The van der Waals surface area contributed by atoms with E-state index in [0.29, 0.717) is 22.6 Å². The molecule has 31 heavy (non-hydrogen) atoms. The molecule has 0 unspecified atom stereocenters. The minimum Gasteiger partial charge on any atom is -0.332 e. The average Bonchev–Trinajstić information content (AvgIpc) is 2.75. The van der Waals surface area contributed by atoms with Gasteiger partial charge in [0.25, 0.3) is 5.91 Å². The molecule has 1 atom stereocenters. The maximum atomic E-state index is 13.3. The van der Waals surface area contributed by atoms with Gasteiger partial charge < -0.3 is 10.6 Å². The molecule has 6 nitrogen and oxygen atoms in total. The van der Waals surface area contributed by atoms with Crippen molar-refractivity contribution >= 4 is 17.5 Å². The van der Waals surface area contributed by atoms with E-state index in [1.165, 1.54) is 18.3 Å². The summed E-state index contributed by atoms with van der Waals surface area (Å²) < 4.78 is 13.3. The summed E-state index contributed by atoms with van der Waals surface area (Å²) in [5.41, 5.74) is 4.25. The standard InChI is InChI=1S/C24H21FN4O2/c1-14-3-4-17(23-26-10-9-15(2)28-23)11-21(14)29-24(31)20-13-27-22(30)12-19(20)16-5-7-18(25)8-6-16/h3-11,13,19H,12H2,1-2H3,(H,27,30)(H,29,31)/t19-/m0/s1. The summed E-state index contributed by atoms with van der Waals surface area (Å²) in [5.74, 6) is -0.785. The van der Waals surface area contributed by atoms with Crippen molar-refractivity contribution in [2.75, 3.05) is 5.32 Å². The number of aromatic nitrogens is 2. The number of rotatable bonds is 4. The van der Waals surface area contributed by atoms with Crippen LogP contribution in [-0.2, 0) is 9.59 Å². The van der Waals surface area contributed by atoms with Crippen LogP contribution >= 0.6 is 0 Å². The highest BCUT2D eigenvalue weighted by atomic mass is 19.1. The van der Waals surface area contributed by atoms with E-state index in [4.69, 9.17) is 0 Å². The summed E-state index contributed by atoms with van der Waals surface area (Å²) in [6, 6.07) is 13.3. The molecule has 156 valence electrons. The Balaban J connectivity index is 1.62. The van der Waals surface area contributed by atoms with Crippen molar-refractivity contribution in [2.45, 2.75) is 26.2 Å². The average molecular weight is 416 g/mol. The molecule has 1 aliphatic heterocycles. The molecule has 0 radical (unpaired) electrons. The fraction of sp³-hybridized carbons (Fsp3) is 0.167. The number of halogens is 1. The molecule has 0 saturated heterocycles. The van der Waals surface area contributed by atoms with Gasteiger partial charge in [-0.15, -0.1) is 0 Å². The van der Waals surface area contributed by atoms with E-state index in [9.17, 15) is 14.0 Å². The molecule has 2 aromatic carbocycles. The number of benzene rings is 2. The summed E-state index contributed by atoms with van der Waals surface area (Å²) in [4.78, 5) is 33.8. The number of carbonyl (C=O) groups is 2. The van der Waals surface area contributed by atoms with Gasteiger partial charge in [-0.25, -0.2) is 14.4 Å². The van der Waals surface area contributed by atoms with Crippen molar-refractivity contribution in [2.24, 2.45) is 0 Å². The first-order chi connectivity index (χ1) is 14.9. The molecule has 1 aliphatic rings. The third-order valence-electron chi connectivity index (χ3n) is 5.23. The summed E-state index contributed by atoms with van der Waals surface area (Å²) >= 11 is 0. The highest BCUT2D eigenvalue weighted by Crippen LogP contribution is 2.32. The maximum Gasteiger partial charge on any atom is 0.253 e. The third-order valence-corrected chi connectivity index (χ3v) is 5.23. The van der Waals surface area contributed by atoms with Crippen LogP contribution in [0.1, 0.15) is 29.2 Å². The van der Waals surface area contributed by atoms with Crippen LogP contribution in [0, 0.1) is 19.7 Å². The number of nitrogens with zero attached hydrogens (tertiary/aromatic N) is 2. The number of anilines is 1. The molecule has 0 aliphatic carbocycles. The van der Waals surface area contributed by atoms with Crippen LogP contribution in [-0.4, -0.2) is 21.8 Å². The van der Waals surface area contributed by atoms with E-state index in [1.807, 2.05) is 38.1 Å². The fourth-order valence-corrected chi connectivity index (χ4v) is 3.51. The van der Waals surface area contributed by atoms with Gasteiger partial charge in [-0.2, -0.15) is 0 Å². The Labute approximate surface area is 179 Å². The lowest BCUT2D eigenvalue weighted by Gasteiger charge is -2.24. The van der Waals surface area contributed by atoms with Gasteiger partial charge in [0.1, 0.15) is 5.82 Å². The van der Waals surface area contributed by atoms with Crippen molar-refractivity contribution in [3.8, 4) is 11.4 Å². The Hall–Kier alpha value is -3.87. The van der Waals surface area contributed by atoms with Crippen molar-refractivity contribution in [1.82, 2.24) is 15.3 Å². The van der Waals surface area contributed by atoms with Crippen molar-refractivity contribution in [1.29, 1.82) is 0 Å². The van der Waals surface area contributed by atoms with Crippen LogP contribution in [0.15, 0.2) is 66.5 Å². The van der Waals surface area contributed by atoms with Crippen molar-refractivity contribution in [3.63, 3.8) is 0 Å². The van der Waals surface area contributed by atoms with E-state index < -0.39 is 5.92 Å². The summed E-state index contributed by atoms with van der Waals surface area (Å²) in [6.45, 7) is 3.78.